The maximum Gasteiger partial charge on any atom is 0.249 e. The molecule has 1 saturated carbocycles. The lowest BCUT2D eigenvalue weighted by Gasteiger charge is -2.32. The molecule has 1 unspecified atom stereocenters. The number of amides is 2. The smallest absolute Gasteiger partial charge is 0.249 e. The Morgan fingerprint density at radius 3 is 2.52 bits per heavy atom. The minimum absolute atomic E-state index is 0.0833. The summed E-state index contributed by atoms with van der Waals surface area (Å²) in [6.45, 7) is 0.586. The van der Waals surface area contributed by atoms with E-state index in [1.807, 2.05) is 12.1 Å². The van der Waals surface area contributed by atoms with Crippen LogP contribution in [0.1, 0.15) is 38.5 Å². The number of halogens is 1. The first-order chi connectivity index (χ1) is 11.0. The quantitative estimate of drug-likeness (QED) is 0.889. The Balaban J connectivity index is 1.65. The fourth-order valence-corrected chi connectivity index (χ4v) is 3.53. The predicted octanol–water partition coefficient (Wildman–Crippen LogP) is 2.22. The SMILES string of the molecule is NC1(C(=O)NC2CCN(c3ccc(Cl)cc3)C2=O)CCCCC1. The first-order valence-corrected chi connectivity index (χ1v) is 8.54. The van der Waals surface area contributed by atoms with E-state index in [0.717, 1.165) is 24.9 Å². The monoisotopic (exact) mass is 335 g/mol. The van der Waals surface area contributed by atoms with Crippen LogP contribution in [-0.4, -0.2) is 29.9 Å². The molecule has 1 aliphatic heterocycles. The molecule has 0 aromatic heterocycles. The van der Waals surface area contributed by atoms with Crippen LogP contribution in [0, 0.1) is 0 Å². The largest absolute Gasteiger partial charge is 0.343 e. The summed E-state index contributed by atoms with van der Waals surface area (Å²) < 4.78 is 0. The van der Waals surface area contributed by atoms with Crippen LogP contribution in [0.2, 0.25) is 5.02 Å². The highest BCUT2D eigenvalue weighted by Crippen LogP contribution is 2.27. The van der Waals surface area contributed by atoms with Crippen molar-refractivity contribution in [2.75, 3.05) is 11.4 Å². The van der Waals surface area contributed by atoms with Crippen molar-refractivity contribution in [2.45, 2.75) is 50.1 Å². The van der Waals surface area contributed by atoms with Gasteiger partial charge in [-0.15, -0.1) is 0 Å². The first kappa shape index (κ1) is 16.3. The summed E-state index contributed by atoms with van der Waals surface area (Å²) in [7, 11) is 0. The van der Waals surface area contributed by atoms with Crippen LogP contribution in [0.25, 0.3) is 0 Å². The molecule has 1 heterocycles. The molecule has 23 heavy (non-hydrogen) atoms. The molecule has 2 amide bonds. The average Bonchev–Trinajstić information content (AvgIpc) is 2.90. The number of benzene rings is 1. The van der Waals surface area contributed by atoms with E-state index in [9.17, 15) is 9.59 Å². The summed E-state index contributed by atoms with van der Waals surface area (Å²) in [5.74, 6) is -0.270. The molecule has 3 N–H and O–H groups in total. The zero-order chi connectivity index (χ0) is 16.4. The summed E-state index contributed by atoms with van der Waals surface area (Å²) >= 11 is 5.88. The third-order valence-corrected chi connectivity index (χ3v) is 5.10. The maximum absolute atomic E-state index is 12.6. The van der Waals surface area contributed by atoms with Crippen LogP contribution in [0.3, 0.4) is 0 Å². The summed E-state index contributed by atoms with van der Waals surface area (Å²) in [5.41, 5.74) is 6.23. The Labute approximate surface area is 141 Å². The molecule has 0 spiro atoms. The van der Waals surface area contributed by atoms with Crippen molar-refractivity contribution in [3.8, 4) is 0 Å². The fraction of sp³-hybridized carbons (Fsp3) is 0.529. The highest BCUT2D eigenvalue weighted by molar-refractivity contribution is 6.30. The average molecular weight is 336 g/mol. The zero-order valence-corrected chi connectivity index (χ0v) is 13.8. The van der Waals surface area contributed by atoms with E-state index in [0.29, 0.717) is 30.8 Å². The Morgan fingerprint density at radius 2 is 1.87 bits per heavy atom. The van der Waals surface area contributed by atoms with E-state index in [4.69, 9.17) is 17.3 Å². The molecule has 1 atom stereocenters. The molecule has 2 aliphatic rings. The van der Waals surface area contributed by atoms with Gasteiger partial charge in [-0.3, -0.25) is 9.59 Å². The maximum atomic E-state index is 12.6. The number of hydrogen-bond acceptors (Lipinski definition) is 3. The highest BCUT2D eigenvalue weighted by atomic mass is 35.5. The lowest BCUT2D eigenvalue weighted by Crippen LogP contribution is -2.58. The molecule has 0 bridgehead atoms. The Bertz CT molecular complexity index is 596. The topological polar surface area (TPSA) is 75.4 Å². The normalized spacial score (nSPS) is 23.8. The second-order valence-corrected chi connectivity index (χ2v) is 6.93. The van der Waals surface area contributed by atoms with E-state index >= 15 is 0 Å². The first-order valence-electron chi connectivity index (χ1n) is 8.16. The van der Waals surface area contributed by atoms with Gasteiger partial charge in [0.25, 0.3) is 0 Å². The number of nitrogens with one attached hydrogen (secondary N) is 1. The van der Waals surface area contributed by atoms with Gasteiger partial charge < -0.3 is 16.0 Å². The number of carbonyl (C=O) groups excluding carboxylic acids is 2. The summed E-state index contributed by atoms with van der Waals surface area (Å²) in [4.78, 5) is 26.7. The molecular weight excluding hydrogens is 314 g/mol. The lowest BCUT2D eigenvalue weighted by atomic mass is 9.81. The minimum Gasteiger partial charge on any atom is -0.343 e. The Hall–Kier alpha value is -1.59. The fourth-order valence-electron chi connectivity index (χ4n) is 3.40. The van der Waals surface area contributed by atoms with E-state index in [2.05, 4.69) is 5.32 Å². The standard InChI is InChI=1S/C17H22ClN3O2/c18-12-4-6-13(7-5-12)21-11-8-14(15(21)22)20-16(23)17(19)9-2-1-3-10-17/h4-7,14H,1-3,8-11,19H2,(H,20,23). The number of carbonyl (C=O) groups is 2. The predicted molar refractivity (Wildman–Crippen MR) is 90.4 cm³/mol. The van der Waals surface area contributed by atoms with E-state index in [1.165, 1.54) is 0 Å². The van der Waals surface area contributed by atoms with Gasteiger partial charge in [0.05, 0.1) is 5.54 Å². The van der Waals surface area contributed by atoms with E-state index in [1.54, 1.807) is 17.0 Å². The second kappa shape index (κ2) is 6.49. The van der Waals surface area contributed by atoms with Gasteiger partial charge in [0.15, 0.2) is 0 Å². The number of rotatable bonds is 3. The van der Waals surface area contributed by atoms with Crippen molar-refractivity contribution in [1.82, 2.24) is 5.32 Å². The third-order valence-electron chi connectivity index (χ3n) is 4.85. The van der Waals surface area contributed by atoms with Crippen molar-refractivity contribution in [2.24, 2.45) is 5.73 Å². The van der Waals surface area contributed by atoms with Gasteiger partial charge in [-0.05, 0) is 43.5 Å². The van der Waals surface area contributed by atoms with E-state index in [-0.39, 0.29) is 11.8 Å². The zero-order valence-electron chi connectivity index (χ0n) is 13.1. The molecule has 1 aromatic carbocycles. The van der Waals surface area contributed by atoms with Crippen LogP contribution < -0.4 is 16.0 Å². The highest BCUT2D eigenvalue weighted by Gasteiger charge is 2.40. The van der Waals surface area contributed by atoms with Crippen LogP contribution >= 0.6 is 11.6 Å². The van der Waals surface area contributed by atoms with Gasteiger partial charge >= 0.3 is 0 Å². The molecule has 6 heteroatoms. The molecule has 3 rings (SSSR count). The van der Waals surface area contributed by atoms with Crippen molar-refractivity contribution < 1.29 is 9.59 Å². The summed E-state index contributed by atoms with van der Waals surface area (Å²) in [5, 5.41) is 3.50. The molecule has 1 aromatic rings. The van der Waals surface area contributed by atoms with Crippen molar-refractivity contribution >= 4 is 29.1 Å². The van der Waals surface area contributed by atoms with Gasteiger partial charge in [-0.25, -0.2) is 0 Å². The molecule has 2 fully saturated rings. The molecule has 124 valence electrons. The third kappa shape index (κ3) is 3.35. The summed E-state index contributed by atoms with van der Waals surface area (Å²) in [6.07, 6.45) is 5.06. The number of hydrogen-bond donors (Lipinski definition) is 2. The van der Waals surface area contributed by atoms with Gasteiger partial charge in [0, 0.05) is 17.3 Å². The minimum atomic E-state index is -0.813. The molecule has 1 aliphatic carbocycles. The Kier molecular flexibility index (Phi) is 4.60. The van der Waals surface area contributed by atoms with Crippen molar-refractivity contribution in [3.05, 3.63) is 29.3 Å². The molecule has 0 radical (unpaired) electrons. The second-order valence-electron chi connectivity index (χ2n) is 6.50. The van der Waals surface area contributed by atoms with Crippen LogP contribution in [0.15, 0.2) is 24.3 Å². The number of anilines is 1. The van der Waals surface area contributed by atoms with E-state index < -0.39 is 11.6 Å². The molecule has 1 saturated heterocycles. The number of nitrogens with zero attached hydrogens (tertiary/aromatic N) is 1. The van der Waals surface area contributed by atoms with Crippen LogP contribution in [0.5, 0.6) is 0 Å². The number of nitrogens with two attached hydrogens (primary N) is 1. The van der Waals surface area contributed by atoms with Gasteiger partial charge in [0.1, 0.15) is 6.04 Å². The lowest BCUT2D eigenvalue weighted by molar-refractivity contribution is -0.131. The van der Waals surface area contributed by atoms with Gasteiger partial charge in [-0.1, -0.05) is 30.9 Å². The van der Waals surface area contributed by atoms with Crippen molar-refractivity contribution in [3.63, 3.8) is 0 Å². The Morgan fingerprint density at radius 1 is 1.22 bits per heavy atom. The van der Waals surface area contributed by atoms with Crippen molar-refractivity contribution in [1.29, 1.82) is 0 Å². The van der Waals surface area contributed by atoms with Crippen LogP contribution in [0.4, 0.5) is 5.69 Å². The van der Waals surface area contributed by atoms with Gasteiger partial charge in [0.2, 0.25) is 11.8 Å². The van der Waals surface area contributed by atoms with Crippen LogP contribution in [-0.2, 0) is 9.59 Å². The van der Waals surface area contributed by atoms with Gasteiger partial charge in [-0.2, -0.15) is 0 Å². The summed E-state index contributed by atoms with van der Waals surface area (Å²) in [6, 6.07) is 6.66. The molecular formula is C17H22ClN3O2. The molecule has 5 nitrogen and oxygen atoms in total.